The van der Waals surface area contributed by atoms with Gasteiger partial charge in [-0.1, -0.05) is 19.9 Å². The molecule has 0 heterocycles. The molecule has 0 aromatic heterocycles. The third-order valence-corrected chi connectivity index (χ3v) is 2.18. The Morgan fingerprint density at radius 2 is 1.89 bits per heavy atom. The van der Waals surface area contributed by atoms with E-state index in [2.05, 4.69) is 0 Å². The lowest BCUT2D eigenvalue weighted by molar-refractivity contribution is -0.139. The van der Waals surface area contributed by atoms with Crippen LogP contribution in [-0.2, 0) is 6.18 Å². The highest BCUT2D eigenvalue weighted by Gasteiger charge is 2.35. The first-order valence-corrected chi connectivity index (χ1v) is 5.42. The molecule has 1 aromatic rings. The Balaban J connectivity index is 3.10. The minimum absolute atomic E-state index is 0.0400. The van der Waals surface area contributed by atoms with E-state index in [-0.39, 0.29) is 23.7 Å². The van der Waals surface area contributed by atoms with Crippen molar-refractivity contribution >= 4 is 12.6 Å². The summed E-state index contributed by atoms with van der Waals surface area (Å²) in [5, 5.41) is 17.9. The van der Waals surface area contributed by atoms with Crippen molar-refractivity contribution in [1.29, 1.82) is 0 Å². The molecule has 0 unspecified atom stereocenters. The fourth-order valence-corrected chi connectivity index (χ4v) is 1.31. The van der Waals surface area contributed by atoms with Crippen molar-refractivity contribution in [3.05, 3.63) is 23.8 Å². The zero-order valence-electron chi connectivity index (χ0n) is 10.0. The van der Waals surface area contributed by atoms with Gasteiger partial charge in [0.15, 0.2) is 0 Å². The SMILES string of the molecule is CC(C)COc1cc(B(O)O)ccc1C(F)(F)F. The topological polar surface area (TPSA) is 49.7 Å². The molecule has 0 aliphatic carbocycles. The van der Waals surface area contributed by atoms with Crippen LogP contribution in [0.2, 0.25) is 0 Å². The van der Waals surface area contributed by atoms with Gasteiger partial charge in [0.05, 0.1) is 12.2 Å². The number of benzene rings is 1. The normalized spacial score (nSPS) is 11.8. The maximum Gasteiger partial charge on any atom is 0.488 e. The molecule has 0 amide bonds. The number of halogens is 3. The van der Waals surface area contributed by atoms with Gasteiger partial charge in [0.2, 0.25) is 0 Å². The molecule has 0 bridgehead atoms. The van der Waals surface area contributed by atoms with Gasteiger partial charge < -0.3 is 14.8 Å². The zero-order valence-corrected chi connectivity index (χ0v) is 10.0. The van der Waals surface area contributed by atoms with Crippen molar-refractivity contribution < 1.29 is 28.0 Å². The van der Waals surface area contributed by atoms with Crippen LogP contribution in [0.25, 0.3) is 0 Å². The number of rotatable bonds is 4. The minimum atomic E-state index is -4.54. The Kier molecular flexibility index (Phi) is 4.64. The van der Waals surface area contributed by atoms with Gasteiger partial charge in [0.25, 0.3) is 0 Å². The molecule has 0 fully saturated rings. The Morgan fingerprint density at radius 3 is 2.33 bits per heavy atom. The van der Waals surface area contributed by atoms with Crippen molar-refractivity contribution in [2.75, 3.05) is 6.61 Å². The maximum atomic E-state index is 12.7. The van der Waals surface area contributed by atoms with E-state index in [1.165, 1.54) is 0 Å². The second-order valence-corrected chi connectivity index (χ2v) is 4.33. The van der Waals surface area contributed by atoms with Crippen molar-refractivity contribution in [2.45, 2.75) is 20.0 Å². The Morgan fingerprint density at radius 1 is 1.28 bits per heavy atom. The highest BCUT2D eigenvalue weighted by Crippen LogP contribution is 2.35. The lowest BCUT2D eigenvalue weighted by atomic mass is 9.80. The average Bonchev–Trinajstić information content (AvgIpc) is 2.24. The molecule has 1 rings (SSSR count). The predicted octanol–water partition coefficient (Wildman–Crippen LogP) is 1.42. The molecule has 3 nitrogen and oxygen atoms in total. The maximum absolute atomic E-state index is 12.7. The summed E-state index contributed by atoms with van der Waals surface area (Å²) in [6.07, 6.45) is -4.54. The van der Waals surface area contributed by atoms with E-state index in [0.29, 0.717) is 0 Å². The van der Waals surface area contributed by atoms with Crippen LogP contribution in [0.5, 0.6) is 5.75 Å². The predicted molar refractivity (Wildman–Crippen MR) is 61.6 cm³/mol. The molecule has 100 valence electrons. The summed E-state index contributed by atoms with van der Waals surface area (Å²) in [5.41, 5.74) is -0.964. The van der Waals surface area contributed by atoms with Crippen LogP contribution >= 0.6 is 0 Å². The molecular formula is C11H14BF3O3. The van der Waals surface area contributed by atoms with Crippen molar-refractivity contribution in [3.63, 3.8) is 0 Å². The molecule has 0 radical (unpaired) electrons. The highest BCUT2D eigenvalue weighted by molar-refractivity contribution is 6.58. The Bertz CT molecular complexity index is 405. The largest absolute Gasteiger partial charge is 0.493 e. The second kappa shape index (κ2) is 5.62. The molecule has 1 aromatic carbocycles. The van der Waals surface area contributed by atoms with Gasteiger partial charge in [-0.05, 0) is 23.5 Å². The lowest BCUT2D eigenvalue weighted by Crippen LogP contribution is -2.30. The van der Waals surface area contributed by atoms with Crippen LogP contribution in [0.1, 0.15) is 19.4 Å². The van der Waals surface area contributed by atoms with Crippen LogP contribution in [0.3, 0.4) is 0 Å². The molecule has 0 aliphatic heterocycles. The molecule has 0 saturated carbocycles. The fraction of sp³-hybridized carbons (Fsp3) is 0.455. The Hall–Kier alpha value is -1.21. The molecule has 0 saturated heterocycles. The van der Waals surface area contributed by atoms with Gasteiger partial charge in [0, 0.05) is 0 Å². The van der Waals surface area contributed by atoms with E-state index >= 15 is 0 Å². The first kappa shape index (κ1) is 14.9. The third kappa shape index (κ3) is 3.92. The van der Waals surface area contributed by atoms with Gasteiger partial charge in [-0.25, -0.2) is 0 Å². The highest BCUT2D eigenvalue weighted by atomic mass is 19.4. The number of hydrogen-bond acceptors (Lipinski definition) is 3. The monoisotopic (exact) mass is 262 g/mol. The second-order valence-electron chi connectivity index (χ2n) is 4.33. The van der Waals surface area contributed by atoms with Gasteiger partial charge in [-0.15, -0.1) is 0 Å². The number of hydrogen-bond donors (Lipinski definition) is 2. The van der Waals surface area contributed by atoms with E-state index in [1.54, 1.807) is 13.8 Å². The molecule has 7 heteroatoms. The molecule has 18 heavy (non-hydrogen) atoms. The number of ether oxygens (including phenoxy) is 1. The lowest BCUT2D eigenvalue weighted by Gasteiger charge is -2.16. The zero-order chi connectivity index (χ0) is 13.9. The van der Waals surface area contributed by atoms with Crippen LogP contribution in [-0.4, -0.2) is 23.8 Å². The minimum Gasteiger partial charge on any atom is -0.493 e. The van der Waals surface area contributed by atoms with E-state index in [4.69, 9.17) is 14.8 Å². The summed E-state index contributed by atoms with van der Waals surface area (Å²) >= 11 is 0. The molecule has 0 spiro atoms. The van der Waals surface area contributed by atoms with Crippen molar-refractivity contribution in [1.82, 2.24) is 0 Å². The van der Waals surface area contributed by atoms with E-state index in [1.807, 2.05) is 0 Å². The summed E-state index contributed by atoms with van der Waals surface area (Å²) in [6, 6.07) is 2.79. The average molecular weight is 262 g/mol. The van der Waals surface area contributed by atoms with E-state index in [0.717, 1.165) is 18.2 Å². The smallest absolute Gasteiger partial charge is 0.488 e. The van der Waals surface area contributed by atoms with Crippen LogP contribution < -0.4 is 10.2 Å². The summed E-state index contributed by atoms with van der Waals surface area (Å²) < 4.78 is 43.2. The van der Waals surface area contributed by atoms with Crippen LogP contribution in [0, 0.1) is 5.92 Å². The molecular weight excluding hydrogens is 248 g/mol. The quantitative estimate of drug-likeness (QED) is 0.807. The van der Waals surface area contributed by atoms with E-state index in [9.17, 15) is 13.2 Å². The Labute approximate surface area is 103 Å². The fourth-order valence-electron chi connectivity index (χ4n) is 1.31. The molecule has 0 aliphatic rings. The first-order valence-electron chi connectivity index (χ1n) is 5.42. The van der Waals surface area contributed by atoms with Gasteiger partial charge in [-0.3, -0.25) is 0 Å². The standard InChI is InChI=1S/C11H14BF3O3/c1-7(2)6-18-10-5-8(12(16)17)3-4-9(10)11(13,14)15/h3-5,7,16-17H,6H2,1-2H3. The molecule has 0 atom stereocenters. The van der Waals surface area contributed by atoms with E-state index < -0.39 is 18.9 Å². The van der Waals surface area contributed by atoms with Crippen molar-refractivity contribution in [2.24, 2.45) is 5.92 Å². The summed E-state index contributed by atoms with van der Waals surface area (Å²) in [7, 11) is -1.83. The van der Waals surface area contributed by atoms with Crippen LogP contribution in [0.15, 0.2) is 18.2 Å². The summed E-state index contributed by atoms with van der Waals surface area (Å²) in [4.78, 5) is 0. The number of alkyl halides is 3. The summed E-state index contributed by atoms with van der Waals surface area (Å²) in [5.74, 6) is -0.324. The molecule has 2 N–H and O–H groups in total. The summed E-state index contributed by atoms with van der Waals surface area (Å²) in [6.45, 7) is 3.73. The van der Waals surface area contributed by atoms with Gasteiger partial charge >= 0.3 is 13.3 Å². The van der Waals surface area contributed by atoms with Crippen LogP contribution in [0.4, 0.5) is 13.2 Å². The van der Waals surface area contributed by atoms with Gasteiger partial charge in [0.1, 0.15) is 5.75 Å². The third-order valence-electron chi connectivity index (χ3n) is 2.18. The van der Waals surface area contributed by atoms with Crippen molar-refractivity contribution in [3.8, 4) is 5.75 Å². The van der Waals surface area contributed by atoms with Gasteiger partial charge in [-0.2, -0.15) is 13.2 Å². The first-order chi connectivity index (χ1) is 8.21.